The van der Waals surface area contributed by atoms with Gasteiger partial charge in [-0.3, -0.25) is 0 Å². The minimum Gasteiger partial charge on any atom is -0.385 e. The predicted octanol–water partition coefficient (Wildman–Crippen LogP) is 2.79. The summed E-state index contributed by atoms with van der Waals surface area (Å²) in [6.07, 6.45) is 5.07. The number of nitrogens with zero attached hydrogens (tertiary/aromatic N) is 5. The molecule has 130 valence electrons. The van der Waals surface area contributed by atoms with E-state index in [0.29, 0.717) is 18.8 Å². The molecule has 0 fully saturated rings. The summed E-state index contributed by atoms with van der Waals surface area (Å²) in [4.78, 5) is 0. The molecule has 0 spiro atoms. The van der Waals surface area contributed by atoms with Crippen molar-refractivity contribution in [1.29, 1.82) is 0 Å². The number of aromatic nitrogens is 5. The second-order valence-electron chi connectivity index (χ2n) is 6.14. The van der Waals surface area contributed by atoms with Crippen molar-refractivity contribution in [1.82, 2.24) is 24.5 Å². The maximum absolute atomic E-state index is 10.6. The molecular weight excluding hydrogens is 326 g/mol. The monoisotopic (exact) mass is 345 g/mol. The van der Waals surface area contributed by atoms with E-state index in [4.69, 9.17) is 0 Å². The third-order valence-corrected chi connectivity index (χ3v) is 4.27. The molecule has 0 radical (unpaired) electrons. The van der Waals surface area contributed by atoms with Crippen LogP contribution in [-0.4, -0.2) is 29.7 Å². The van der Waals surface area contributed by atoms with Crippen LogP contribution < -0.4 is 0 Å². The predicted molar refractivity (Wildman–Crippen MR) is 97.8 cm³/mol. The molecule has 0 saturated heterocycles. The summed E-state index contributed by atoms with van der Waals surface area (Å²) in [5, 5.41) is 22.9. The Labute approximate surface area is 151 Å². The van der Waals surface area contributed by atoms with Crippen molar-refractivity contribution in [3.8, 4) is 5.69 Å². The van der Waals surface area contributed by atoms with Crippen LogP contribution in [0.15, 0.2) is 79.4 Å². The van der Waals surface area contributed by atoms with Gasteiger partial charge in [0.2, 0.25) is 0 Å². The van der Waals surface area contributed by atoms with Crippen molar-refractivity contribution in [3.05, 3.63) is 96.3 Å². The van der Waals surface area contributed by atoms with E-state index in [1.807, 2.05) is 71.4 Å². The SMILES string of the molecule is OC(Cc1ccc(-n2cccn2)cc1)c1nncn1Cc1ccccc1. The number of hydrogen-bond acceptors (Lipinski definition) is 4. The Bertz CT molecular complexity index is 946. The van der Waals surface area contributed by atoms with Gasteiger partial charge in [0.25, 0.3) is 0 Å². The molecule has 1 unspecified atom stereocenters. The van der Waals surface area contributed by atoms with Crippen LogP contribution in [0.25, 0.3) is 5.69 Å². The fourth-order valence-electron chi connectivity index (χ4n) is 2.94. The van der Waals surface area contributed by atoms with Crippen molar-refractivity contribution in [2.24, 2.45) is 0 Å². The van der Waals surface area contributed by atoms with Crippen LogP contribution in [0.3, 0.4) is 0 Å². The molecule has 2 aromatic heterocycles. The zero-order chi connectivity index (χ0) is 17.8. The lowest BCUT2D eigenvalue weighted by Crippen LogP contribution is -2.11. The molecule has 4 aromatic rings. The van der Waals surface area contributed by atoms with Gasteiger partial charge in [-0.1, -0.05) is 42.5 Å². The van der Waals surface area contributed by atoms with E-state index in [1.54, 1.807) is 17.2 Å². The normalized spacial score (nSPS) is 12.2. The van der Waals surface area contributed by atoms with Gasteiger partial charge in [-0.05, 0) is 29.3 Å². The topological polar surface area (TPSA) is 68.8 Å². The lowest BCUT2D eigenvalue weighted by atomic mass is 10.1. The van der Waals surface area contributed by atoms with E-state index >= 15 is 0 Å². The van der Waals surface area contributed by atoms with E-state index in [-0.39, 0.29) is 0 Å². The summed E-state index contributed by atoms with van der Waals surface area (Å²) in [6, 6.07) is 19.9. The molecule has 0 aliphatic carbocycles. The van der Waals surface area contributed by atoms with Gasteiger partial charge in [0.1, 0.15) is 12.4 Å². The van der Waals surface area contributed by atoms with E-state index in [9.17, 15) is 5.11 Å². The number of hydrogen-bond donors (Lipinski definition) is 1. The zero-order valence-electron chi connectivity index (χ0n) is 14.2. The maximum Gasteiger partial charge on any atom is 0.162 e. The summed E-state index contributed by atoms with van der Waals surface area (Å²) in [5.41, 5.74) is 3.16. The van der Waals surface area contributed by atoms with E-state index in [0.717, 1.165) is 16.8 Å². The highest BCUT2D eigenvalue weighted by atomic mass is 16.3. The van der Waals surface area contributed by atoms with Crippen molar-refractivity contribution in [3.63, 3.8) is 0 Å². The van der Waals surface area contributed by atoms with Gasteiger partial charge in [0.15, 0.2) is 5.82 Å². The average molecular weight is 345 g/mol. The summed E-state index contributed by atoms with van der Waals surface area (Å²) >= 11 is 0. The number of aliphatic hydroxyl groups is 1. The minimum absolute atomic E-state index is 0.479. The summed E-state index contributed by atoms with van der Waals surface area (Å²) in [5.74, 6) is 0.574. The van der Waals surface area contributed by atoms with Gasteiger partial charge < -0.3 is 9.67 Å². The van der Waals surface area contributed by atoms with Gasteiger partial charge in [-0.2, -0.15) is 5.10 Å². The lowest BCUT2D eigenvalue weighted by molar-refractivity contribution is 0.163. The van der Waals surface area contributed by atoms with Crippen LogP contribution in [0.2, 0.25) is 0 Å². The van der Waals surface area contributed by atoms with Crippen LogP contribution in [-0.2, 0) is 13.0 Å². The molecule has 6 nitrogen and oxygen atoms in total. The van der Waals surface area contributed by atoms with Crippen molar-refractivity contribution in [2.45, 2.75) is 19.1 Å². The molecule has 1 atom stereocenters. The molecule has 1 N–H and O–H groups in total. The van der Waals surface area contributed by atoms with Gasteiger partial charge in [-0.15, -0.1) is 10.2 Å². The van der Waals surface area contributed by atoms with Crippen molar-refractivity contribution < 1.29 is 5.11 Å². The third-order valence-electron chi connectivity index (χ3n) is 4.27. The van der Waals surface area contributed by atoms with Crippen LogP contribution in [0.5, 0.6) is 0 Å². The van der Waals surface area contributed by atoms with E-state index < -0.39 is 6.10 Å². The molecule has 4 rings (SSSR count). The second-order valence-corrected chi connectivity index (χ2v) is 6.14. The molecule has 2 aromatic carbocycles. The van der Waals surface area contributed by atoms with E-state index in [2.05, 4.69) is 15.3 Å². The minimum atomic E-state index is -0.711. The lowest BCUT2D eigenvalue weighted by Gasteiger charge is -2.13. The maximum atomic E-state index is 10.6. The fourth-order valence-corrected chi connectivity index (χ4v) is 2.94. The molecule has 26 heavy (non-hydrogen) atoms. The Kier molecular flexibility index (Phi) is 4.57. The Morgan fingerprint density at radius 2 is 1.73 bits per heavy atom. The zero-order valence-corrected chi connectivity index (χ0v) is 14.2. The Morgan fingerprint density at radius 1 is 0.923 bits per heavy atom. The Hall–Kier alpha value is -3.25. The quantitative estimate of drug-likeness (QED) is 0.583. The Morgan fingerprint density at radius 3 is 2.46 bits per heavy atom. The highest BCUT2D eigenvalue weighted by Crippen LogP contribution is 2.18. The second kappa shape index (κ2) is 7.33. The highest BCUT2D eigenvalue weighted by molar-refractivity contribution is 5.34. The van der Waals surface area contributed by atoms with Crippen LogP contribution in [0.1, 0.15) is 23.1 Å². The first-order valence-corrected chi connectivity index (χ1v) is 8.48. The number of aliphatic hydroxyl groups excluding tert-OH is 1. The number of benzene rings is 2. The van der Waals surface area contributed by atoms with Gasteiger partial charge >= 0.3 is 0 Å². The van der Waals surface area contributed by atoms with Crippen molar-refractivity contribution in [2.75, 3.05) is 0 Å². The number of rotatable bonds is 6. The van der Waals surface area contributed by atoms with Gasteiger partial charge in [0, 0.05) is 18.8 Å². The molecule has 0 aliphatic heterocycles. The van der Waals surface area contributed by atoms with Crippen molar-refractivity contribution >= 4 is 0 Å². The largest absolute Gasteiger partial charge is 0.385 e. The smallest absolute Gasteiger partial charge is 0.162 e. The van der Waals surface area contributed by atoms with Gasteiger partial charge in [0.05, 0.1) is 12.2 Å². The Balaban J connectivity index is 1.47. The summed E-state index contributed by atoms with van der Waals surface area (Å²) < 4.78 is 3.69. The highest BCUT2D eigenvalue weighted by Gasteiger charge is 2.16. The first-order chi connectivity index (χ1) is 12.8. The first kappa shape index (κ1) is 16.2. The van der Waals surface area contributed by atoms with Gasteiger partial charge in [-0.25, -0.2) is 4.68 Å². The molecular formula is C20H19N5O. The molecule has 6 heteroatoms. The summed E-state index contributed by atoms with van der Waals surface area (Å²) in [6.45, 7) is 0.637. The molecule has 0 aliphatic rings. The van der Waals surface area contributed by atoms with Crippen LogP contribution in [0, 0.1) is 0 Å². The third kappa shape index (κ3) is 3.55. The van der Waals surface area contributed by atoms with E-state index in [1.165, 1.54) is 0 Å². The standard InChI is InChI=1S/C20H19N5O/c26-19(13-16-7-9-18(10-8-16)25-12-4-11-22-25)20-23-21-15-24(20)14-17-5-2-1-3-6-17/h1-12,15,19,26H,13-14H2. The fraction of sp³-hybridized carbons (Fsp3) is 0.150. The molecule has 0 bridgehead atoms. The first-order valence-electron chi connectivity index (χ1n) is 8.48. The summed E-state index contributed by atoms with van der Waals surface area (Å²) in [7, 11) is 0. The molecule has 0 amide bonds. The molecule has 0 saturated carbocycles. The average Bonchev–Trinajstić information content (AvgIpc) is 3.35. The van der Waals surface area contributed by atoms with Crippen LogP contribution in [0.4, 0.5) is 0 Å². The van der Waals surface area contributed by atoms with Crippen LogP contribution >= 0.6 is 0 Å². The molecule has 2 heterocycles.